The molecule has 0 fully saturated rings. The van der Waals surface area contributed by atoms with E-state index in [1.54, 1.807) is 12.1 Å². The van der Waals surface area contributed by atoms with Gasteiger partial charge in [0, 0.05) is 25.4 Å². The zero-order chi connectivity index (χ0) is 23.9. The lowest BCUT2D eigenvalue weighted by Gasteiger charge is -2.24. The van der Waals surface area contributed by atoms with Crippen molar-refractivity contribution in [1.82, 2.24) is 0 Å². The smallest absolute Gasteiger partial charge is 0.178 e. The molecule has 2 aromatic rings. The molecule has 0 spiro atoms. The van der Waals surface area contributed by atoms with E-state index < -0.39 is 9.84 Å². The van der Waals surface area contributed by atoms with Crippen LogP contribution in [0.1, 0.15) is 76.3 Å². The summed E-state index contributed by atoms with van der Waals surface area (Å²) in [6.07, 6.45) is 12.0. The number of benzene rings is 2. The monoisotopic (exact) mass is 471 g/mol. The summed E-state index contributed by atoms with van der Waals surface area (Å²) in [5, 5.41) is 8.81. The number of sulfone groups is 1. The van der Waals surface area contributed by atoms with Gasteiger partial charge in [-0.3, -0.25) is 0 Å². The molecule has 0 saturated heterocycles. The van der Waals surface area contributed by atoms with Gasteiger partial charge < -0.3 is 10.0 Å². The van der Waals surface area contributed by atoms with E-state index >= 15 is 0 Å². The Bertz CT molecular complexity index is 911. The predicted molar refractivity (Wildman–Crippen MR) is 141 cm³/mol. The molecule has 0 aromatic heterocycles. The van der Waals surface area contributed by atoms with Crippen LogP contribution in [-0.4, -0.2) is 39.0 Å². The fourth-order valence-electron chi connectivity index (χ4n) is 3.72. The molecule has 0 saturated carbocycles. The number of nitrogens with zero attached hydrogens (tertiary/aromatic N) is 1. The van der Waals surface area contributed by atoms with Crippen LogP contribution >= 0.6 is 0 Å². The number of hydrogen-bond acceptors (Lipinski definition) is 4. The van der Waals surface area contributed by atoms with Gasteiger partial charge >= 0.3 is 0 Å². The molecular weight excluding hydrogens is 430 g/mol. The molecule has 0 heterocycles. The van der Waals surface area contributed by atoms with Crippen molar-refractivity contribution in [2.45, 2.75) is 70.1 Å². The molecule has 0 bridgehead atoms. The van der Waals surface area contributed by atoms with Crippen molar-refractivity contribution in [2.24, 2.45) is 0 Å². The fourth-order valence-corrected chi connectivity index (χ4v) is 5.09. The summed E-state index contributed by atoms with van der Waals surface area (Å²) in [6.45, 7) is 6.83. The van der Waals surface area contributed by atoms with Gasteiger partial charge in [-0.1, -0.05) is 75.9 Å². The number of anilines is 1. The molecule has 0 aliphatic rings. The van der Waals surface area contributed by atoms with Crippen molar-refractivity contribution in [1.29, 1.82) is 0 Å². The maximum atomic E-state index is 12.5. The molecule has 5 heteroatoms. The van der Waals surface area contributed by atoms with Gasteiger partial charge in [-0.2, -0.15) is 0 Å². The van der Waals surface area contributed by atoms with E-state index in [9.17, 15) is 8.42 Å². The Morgan fingerprint density at radius 2 is 1.24 bits per heavy atom. The first kappa shape index (κ1) is 27.1. The van der Waals surface area contributed by atoms with Gasteiger partial charge in [0.2, 0.25) is 0 Å². The van der Waals surface area contributed by atoms with E-state index in [-0.39, 0.29) is 12.4 Å². The Morgan fingerprint density at radius 1 is 0.727 bits per heavy atom. The first-order valence-electron chi connectivity index (χ1n) is 12.5. The number of unbranched alkanes of at least 4 members (excludes halogenated alkanes) is 5. The Morgan fingerprint density at radius 3 is 1.76 bits per heavy atom. The van der Waals surface area contributed by atoms with E-state index in [1.165, 1.54) is 31.4 Å². The Balaban J connectivity index is 1.96. The highest BCUT2D eigenvalue weighted by molar-refractivity contribution is 7.91. The lowest BCUT2D eigenvalue weighted by atomic mass is 10.1. The third kappa shape index (κ3) is 9.73. The summed E-state index contributed by atoms with van der Waals surface area (Å²) in [5.41, 5.74) is 3.39. The zero-order valence-electron chi connectivity index (χ0n) is 20.4. The van der Waals surface area contributed by atoms with Crippen LogP contribution in [-0.2, 0) is 9.84 Å². The third-order valence-corrected chi connectivity index (χ3v) is 7.67. The highest BCUT2D eigenvalue weighted by atomic mass is 32.2. The van der Waals surface area contributed by atoms with E-state index in [4.69, 9.17) is 5.11 Å². The van der Waals surface area contributed by atoms with Crippen LogP contribution in [0.5, 0.6) is 0 Å². The molecule has 2 rings (SSSR count). The Hall–Kier alpha value is -2.11. The second-order valence-electron chi connectivity index (χ2n) is 8.64. The molecule has 0 radical (unpaired) electrons. The highest BCUT2D eigenvalue weighted by Crippen LogP contribution is 2.20. The van der Waals surface area contributed by atoms with Crippen LogP contribution in [0.15, 0.2) is 53.4 Å². The Labute approximate surface area is 201 Å². The maximum Gasteiger partial charge on any atom is 0.178 e. The van der Waals surface area contributed by atoms with Gasteiger partial charge in [0.05, 0.1) is 10.6 Å². The highest BCUT2D eigenvalue weighted by Gasteiger charge is 2.13. The summed E-state index contributed by atoms with van der Waals surface area (Å²) in [4.78, 5) is 2.86. The lowest BCUT2D eigenvalue weighted by Crippen LogP contribution is -2.25. The molecule has 33 heavy (non-hydrogen) atoms. The minimum atomic E-state index is -3.25. The number of aliphatic hydroxyl groups is 1. The van der Waals surface area contributed by atoms with Crippen LogP contribution in [0.4, 0.5) is 5.69 Å². The standard InChI is InChI=1S/C28H41NO3S/c1-3-5-21-29(22-6-4-2)27-17-13-25(14-18-27)11-12-26-15-19-28(20-16-26)33(31,32)24-10-8-7-9-23-30/h11-20,30H,3-10,21-24H2,1-2H3. The minimum absolute atomic E-state index is 0.160. The molecule has 2 aromatic carbocycles. The molecular formula is C28H41NO3S. The van der Waals surface area contributed by atoms with E-state index in [0.29, 0.717) is 11.3 Å². The quantitative estimate of drug-likeness (QED) is 0.222. The van der Waals surface area contributed by atoms with Gasteiger partial charge in [-0.15, -0.1) is 0 Å². The van der Waals surface area contributed by atoms with Crippen LogP contribution in [0, 0.1) is 0 Å². The molecule has 0 aliphatic carbocycles. The van der Waals surface area contributed by atoms with Crippen molar-refractivity contribution in [3.63, 3.8) is 0 Å². The van der Waals surface area contributed by atoms with Gasteiger partial charge in [0.25, 0.3) is 0 Å². The number of aliphatic hydroxyl groups excluding tert-OH is 1. The molecule has 1 N–H and O–H groups in total. The number of hydrogen-bond donors (Lipinski definition) is 1. The van der Waals surface area contributed by atoms with E-state index in [1.807, 2.05) is 18.2 Å². The van der Waals surface area contributed by atoms with Crippen molar-refractivity contribution in [2.75, 3.05) is 30.3 Å². The van der Waals surface area contributed by atoms with Gasteiger partial charge in [-0.25, -0.2) is 8.42 Å². The average Bonchev–Trinajstić information content (AvgIpc) is 2.83. The van der Waals surface area contributed by atoms with Crippen molar-refractivity contribution in [3.05, 3.63) is 59.7 Å². The molecule has 0 unspecified atom stereocenters. The van der Waals surface area contributed by atoms with Gasteiger partial charge in [0.1, 0.15) is 0 Å². The van der Waals surface area contributed by atoms with Crippen molar-refractivity contribution in [3.8, 4) is 0 Å². The molecule has 0 aliphatic heterocycles. The van der Waals surface area contributed by atoms with Gasteiger partial charge in [-0.05, 0) is 61.1 Å². The molecule has 4 nitrogen and oxygen atoms in total. The van der Waals surface area contributed by atoms with Crippen LogP contribution in [0.25, 0.3) is 12.2 Å². The lowest BCUT2D eigenvalue weighted by molar-refractivity contribution is 0.283. The SMILES string of the molecule is CCCCN(CCCC)c1ccc(C=Cc2ccc(S(=O)(=O)CCCCCCO)cc2)cc1. The third-order valence-electron chi connectivity index (χ3n) is 5.85. The predicted octanol–water partition coefficient (Wildman–Crippen LogP) is 6.59. The maximum absolute atomic E-state index is 12.5. The largest absolute Gasteiger partial charge is 0.396 e. The summed E-state index contributed by atoms with van der Waals surface area (Å²) in [5.74, 6) is 0.160. The van der Waals surface area contributed by atoms with Crippen LogP contribution in [0.2, 0.25) is 0 Å². The molecule has 0 atom stereocenters. The normalized spacial score (nSPS) is 11.8. The summed E-state index contributed by atoms with van der Waals surface area (Å²) in [7, 11) is -3.25. The second-order valence-corrected chi connectivity index (χ2v) is 10.8. The van der Waals surface area contributed by atoms with Crippen LogP contribution < -0.4 is 4.90 Å². The zero-order valence-corrected chi connectivity index (χ0v) is 21.2. The summed E-state index contributed by atoms with van der Waals surface area (Å²) >= 11 is 0. The first-order chi connectivity index (χ1) is 16.0. The minimum Gasteiger partial charge on any atom is -0.396 e. The van der Waals surface area contributed by atoms with Crippen molar-refractivity contribution >= 4 is 27.7 Å². The first-order valence-corrected chi connectivity index (χ1v) is 14.1. The summed E-state index contributed by atoms with van der Waals surface area (Å²) in [6, 6.07) is 15.8. The number of rotatable bonds is 16. The second kappa shape index (κ2) is 14.9. The topological polar surface area (TPSA) is 57.6 Å². The van der Waals surface area contributed by atoms with E-state index in [0.717, 1.165) is 43.5 Å². The molecule has 182 valence electrons. The molecule has 0 amide bonds. The van der Waals surface area contributed by atoms with Crippen molar-refractivity contribution < 1.29 is 13.5 Å². The summed E-state index contributed by atoms with van der Waals surface area (Å²) < 4.78 is 25.0. The average molecular weight is 472 g/mol. The van der Waals surface area contributed by atoms with Crippen LogP contribution in [0.3, 0.4) is 0 Å². The fraction of sp³-hybridized carbons (Fsp3) is 0.500. The Kier molecular flexibility index (Phi) is 12.3. The van der Waals surface area contributed by atoms with E-state index in [2.05, 4.69) is 49.1 Å². The van der Waals surface area contributed by atoms with Gasteiger partial charge in [0.15, 0.2) is 9.84 Å².